The second kappa shape index (κ2) is 14.8. The monoisotopic (exact) mass is 532 g/mol. The van der Waals surface area contributed by atoms with Gasteiger partial charge < -0.3 is 28.4 Å². The van der Waals surface area contributed by atoms with Gasteiger partial charge in [-0.25, -0.2) is 9.59 Å². The highest BCUT2D eigenvalue weighted by atomic mass is 16.6. The number of carbonyl (C=O) groups excluding carboxylic acids is 2. The minimum Gasteiger partial charge on any atom is -0.461 e. The molecular weight excluding hydrogens is 476 g/mol. The van der Waals surface area contributed by atoms with E-state index in [0.29, 0.717) is 13.0 Å². The quantitative estimate of drug-likeness (QED) is 0.202. The third kappa shape index (κ3) is 15.1. The van der Waals surface area contributed by atoms with Gasteiger partial charge in [0, 0.05) is 0 Å². The first kappa shape index (κ1) is 35.8. The lowest BCUT2D eigenvalue weighted by Gasteiger charge is -2.40. The number of esters is 2. The molecule has 0 saturated heterocycles. The molecule has 0 aliphatic rings. The normalized spacial score (nSPS) is 15.9. The van der Waals surface area contributed by atoms with E-state index in [1.165, 1.54) is 0 Å². The molecule has 0 heterocycles. The van der Waals surface area contributed by atoms with Crippen LogP contribution in [0.2, 0.25) is 0 Å². The molecule has 0 spiro atoms. The fourth-order valence-corrected chi connectivity index (χ4v) is 4.18. The largest absolute Gasteiger partial charge is 0.461 e. The van der Waals surface area contributed by atoms with Crippen LogP contribution in [-0.4, -0.2) is 73.0 Å². The summed E-state index contributed by atoms with van der Waals surface area (Å²) < 4.78 is 34.6. The SMILES string of the molecule is CCC(C)OC(C)COC(=O)C(C)(C)OCC(C)(C)CC(C)(C)OC(C)(C)C(=O)OCC(C)OC(C)C. The summed E-state index contributed by atoms with van der Waals surface area (Å²) in [5.74, 6) is -0.873. The van der Waals surface area contributed by atoms with Crippen LogP contribution in [-0.2, 0) is 38.0 Å². The molecule has 8 heteroatoms. The van der Waals surface area contributed by atoms with Gasteiger partial charge in [-0.15, -0.1) is 0 Å². The Bertz CT molecular complexity index is 696. The Hall–Kier alpha value is -1.22. The van der Waals surface area contributed by atoms with Crippen LogP contribution < -0.4 is 0 Å². The Morgan fingerprint density at radius 1 is 0.676 bits per heavy atom. The summed E-state index contributed by atoms with van der Waals surface area (Å²) in [5.41, 5.74) is -3.28. The Balaban J connectivity index is 4.89. The van der Waals surface area contributed by atoms with Gasteiger partial charge in [-0.05, 0) is 94.4 Å². The molecule has 3 atom stereocenters. The van der Waals surface area contributed by atoms with Crippen LogP contribution in [0.4, 0.5) is 0 Å². The number of hydrogen-bond acceptors (Lipinski definition) is 8. The van der Waals surface area contributed by atoms with Crippen LogP contribution in [0.5, 0.6) is 0 Å². The van der Waals surface area contributed by atoms with Crippen molar-refractivity contribution in [1.82, 2.24) is 0 Å². The third-order valence-corrected chi connectivity index (χ3v) is 5.68. The minimum atomic E-state index is -1.14. The molecule has 0 aliphatic carbocycles. The van der Waals surface area contributed by atoms with Gasteiger partial charge in [0.05, 0.1) is 36.6 Å². The molecule has 0 aromatic carbocycles. The van der Waals surface area contributed by atoms with Gasteiger partial charge in [0.2, 0.25) is 0 Å². The lowest BCUT2D eigenvalue weighted by atomic mass is 9.82. The van der Waals surface area contributed by atoms with E-state index >= 15 is 0 Å². The van der Waals surface area contributed by atoms with E-state index in [-0.39, 0.29) is 43.0 Å². The summed E-state index contributed by atoms with van der Waals surface area (Å²) >= 11 is 0. The average Bonchev–Trinajstić information content (AvgIpc) is 2.72. The second-order valence-electron chi connectivity index (χ2n) is 12.9. The predicted molar refractivity (Wildman–Crippen MR) is 146 cm³/mol. The maximum absolute atomic E-state index is 12.7. The molecule has 0 amide bonds. The number of hydrogen-bond donors (Lipinski definition) is 0. The first-order valence-corrected chi connectivity index (χ1v) is 13.6. The summed E-state index contributed by atoms with van der Waals surface area (Å²) in [4.78, 5) is 25.4. The first-order valence-electron chi connectivity index (χ1n) is 13.6. The molecule has 0 N–H and O–H groups in total. The van der Waals surface area contributed by atoms with E-state index in [1.807, 2.05) is 69.2 Å². The Morgan fingerprint density at radius 3 is 1.59 bits per heavy atom. The van der Waals surface area contributed by atoms with Crippen LogP contribution in [0.15, 0.2) is 0 Å². The highest BCUT2D eigenvalue weighted by Crippen LogP contribution is 2.35. The third-order valence-electron chi connectivity index (χ3n) is 5.68. The zero-order chi connectivity index (χ0) is 29.2. The molecule has 220 valence electrons. The van der Waals surface area contributed by atoms with E-state index in [4.69, 9.17) is 28.4 Å². The highest BCUT2D eigenvalue weighted by molar-refractivity contribution is 5.79. The van der Waals surface area contributed by atoms with E-state index in [1.54, 1.807) is 27.7 Å². The second-order valence-corrected chi connectivity index (χ2v) is 12.9. The molecule has 0 saturated carbocycles. The zero-order valence-electron chi connectivity index (χ0n) is 26.1. The molecule has 0 bridgehead atoms. The molecule has 0 rings (SSSR count). The van der Waals surface area contributed by atoms with Crippen molar-refractivity contribution in [3.8, 4) is 0 Å². The van der Waals surface area contributed by atoms with E-state index in [0.717, 1.165) is 6.42 Å². The number of ether oxygens (including phenoxy) is 6. The predicted octanol–water partition coefficient (Wildman–Crippen LogP) is 5.88. The fourth-order valence-electron chi connectivity index (χ4n) is 4.18. The van der Waals surface area contributed by atoms with Crippen molar-refractivity contribution in [2.75, 3.05) is 19.8 Å². The Labute approximate surface area is 226 Å². The van der Waals surface area contributed by atoms with Crippen molar-refractivity contribution in [2.24, 2.45) is 5.41 Å². The Morgan fingerprint density at radius 2 is 1.14 bits per heavy atom. The molecular formula is C29H56O8. The fraction of sp³-hybridized carbons (Fsp3) is 0.931. The topological polar surface area (TPSA) is 89.5 Å². The minimum absolute atomic E-state index is 0.0559. The van der Waals surface area contributed by atoms with Crippen LogP contribution in [0.1, 0.15) is 110 Å². The van der Waals surface area contributed by atoms with Gasteiger partial charge in [0.15, 0.2) is 11.2 Å². The van der Waals surface area contributed by atoms with Crippen molar-refractivity contribution in [3.05, 3.63) is 0 Å². The van der Waals surface area contributed by atoms with Crippen LogP contribution in [0.25, 0.3) is 0 Å². The molecule has 0 aromatic heterocycles. The first-order chi connectivity index (χ1) is 16.6. The lowest BCUT2D eigenvalue weighted by Crippen LogP contribution is -2.47. The van der Waals surface area contributed by atoms with Crippen molar-refractivity contribution in [1.29, 1.82) is 0 Å². The summed E-state index contributed by atoms with van der Waals surface area (Å²) in [6.45, 7) is 27.1. The van der Waals surface area contributed by atoms with Crippen molar-refractivity contribution in [3.63, 3.8) is 0 Å². The van der Waals surface area contributed by atoms with Gasteiger partial charge in [-0.1, -0.05) is 20.8 Å². The number of carbonyl (C=O) groups is 2. The maximum atomic E-state index is 12.7. The van der Waals surface area contributed by atoms with Crippen LogP contribution in [0, 0.1) is 5.41 Å². The zero-order valence-corrected chi connectivity index (χ0v) is 26.1. The van der Waals surface area contributed by atoms with Gasteiger partial charge in [0.1, 0.15) is 13.2 Å². The van der Waals surface area contributed by atoms with E-state index < -0.39 is 28.7 Å². The van der Waals surface area contributed by atoms with Gasteiger partial charge in [-0.3, -0.25) is 0 Å². The Kier molecular flexibility index (Phi) is 14.3. The van der Waals surface area contributed by atoms with Crippen LogP contribution >= 0.6 is 0 Å². The lowest BCUT2D eigenvalue weighted by molar-refractivity contribution is -0.196. The summed E-state index contributed by atoms with van der Waals surface area (Å²) in [5, 5.41) is 0. The smallest absolute Gasteiger partial charge is 0.337 e. The summed E-state index contributed by atoms with van der Waals surface area (Å²) in [7, 11) is 0. The van der Waals surface area contributed by atoms with Gasteiger partial charge in [0.25, 0.3) is 0 Å². The highest BCUT2D eigenvalue weighted by Gasteiger charge is 2.41. The molecule has 3 unspecified atom stereocenters. The molecule has 0 aliphatic heterocycles. The standard InChI is InChI=1S/C29H56O8/c1-15-21(4)36-23(6)17-32-24(30)28(11,12)34-19-26(7,8)18-27(9,10)37-29(13,14)25(31)33-16-22(5)35-20(2)3/h20-23H,15-19H2,1-14H3. The van der Waals surface area contributed by atoms with Crippen molar-refractivity contribution < 1.29 is 38.0 Å². The molecule has 8 nitrogen and oxygen atoms in total. The van der Waals surface area contributed by atoms with Crippen molar-refractivity contribution in [2.45, 2.75) is 151 Å². The van der Waals surface area contributed by atoms with E-state index in [2.05, 4.69) is 0 Å². The van der Waals surface area contributed by atoms with Crippen LogP contribution in [0.3, 0.4) is 0 Å². The molecule has 37 heavy (non-hydrogen) atoms. The van der Waals surface area contributed by atoms with Gasteiger partial charge in [-0.2, -0.15) is 0 Å². The number of rotatable bonds is 18. The van der Waals surface area contributed by atoms with Gasteiger partial charge >= 0.3 is 11.9 Å². The molecule has 0 radical (unpaired) electrons. The maximum Gasteiger partial charge on any atom is 0.337 e. The average molecular weight is 533 g/mol. The summed E-state index contributed by atoms with van der Waals surface area (Å²) in [6.07, 6.45) is 1.25. The van der Waals surface area contributed by atoms with E-state index in [9.17, 15) is 9.59 Å². The molecule has 0 fully saturated rings. The summed E-state index contributed by atoms with van der Waals surface area (Å²) in [6, 6.07) is 0. The van der Waals surface area contributed by atoms with Crippen molar-refractivity contribution >= 4 is 11.9 Å². The molecule has 0 aromatic rings.